The first kappa shape index (κ1) is 13.7. The van der Waals surface area contributed by atoms with Crippen molar-refractivity contribution < 1.29 is 36.0 Å². The summed E-state index contributed by atoms with van der Waals surface area (Å²) in [7, 11) is -4.93. The van der Waals surface area contributed by atoms with Crippen molar-refractivity contribution in [2.75, 3.05) is 0 Å². The lowest BCUT2D eigenvalue weighted by Crippen LogP contribution is -2.20. The van der Waals surface area contributed by atoms with Crippen LogP contribution >= 0.6 is 0 Å². The Balaban J connectivity index is 3.17. The summed E-state index contributed by atoms with van der Waals surface area (Å²) in [5, 5.41) is 9.15. The average Bonchev–Trinajstić information content (AvgIpc) is 2.13. The van der Waals surface area contributed by atoms with Crippen LogP contribution in [0.5, 0.6) is 5.75 Å². The number of para-hydroxylation sites is 1. The summed E-state index contributed by atoms with van der Waals surface area (Å²) in [6.07, 6.45) is -5.03. The van der Waals surface area contributed by atoms with Crippen LogP contribution in [-0.2, 0) is 10.1 Å². The zero-order valence-electron chi connectivity index (χ0n) is 8.05. The minimum absolute atomic E-state index is 0.702. The van der Waals surface area contributed by atoms with Gasteiger partial charge in [-0.2, -0.15) is 8.42 Å². The lowest BCUT2D eigenvalue weighted by atomic mass is 10.2. The van der Waals surface area contributed by atoms with Crippen LogP contribution in [0.25, 0.3) is 0 Å². The quantitative estimate of drug-likeness (QED) is 0.814. The fourth-order valence-corrected chi connectivity index (χ4v) is 1.58. The Morgan fingerprint density at radius 2 is 1.76 bits per heavy atom. The van der Waals surface area contributed by atoms with E-state index in [1.807, 2.05) is 0 Å². The van der Waals surface area contributed by atoms with Gasteiger partial charge in [0, 0.05) is 5.56 Å². The van der Waals surface area contributed by atoms with E-state index in [0.29, 0.717) is 0 Å². The number of halogens is 3. The molecule has 0 heterocycles. The molecule has 0 amide bonds. The molecule has 0 radical (unpaired) electrons. The molecule has 1 aromatic carbocycles. The Morgan fingerprint density at radius 3 is 2.24 bits per heavy atom. The van der Waals surface area contributed by atoms with Gasteiger partial charge in [0.25, 0.3) is 10.1 Å². The van der Waals surface area contributed by atoms with Crippen LogP contribution in [0.4, 0.5) is 13.2 Å². The van der Waals surface area contributed by atoms with Crippen LogP contribution in [0.3, 0.4) is 0 Å². The number of rotatable bonds is 3. The fraction of sp³-hybridized carbons (Fsp3) is 0.250. The molecule has 1 atom stereocenters. The first-order chi connectivity index (χ1) is 7.61. The normalized spacial score (nSPS) is 14.4. The number of hydrogen-bond donors (Lipinski definition) is 2. The van der Waals surface area contributed by atoms with E-state index >= 15 is 0 Å². The van der Waals surface area contributed by atoms with Gasteiger partial charge in [-0.25, -0.2) is 0 Å². The van der Waals surface area contributed by atoms with Gasteiger partial charge in [-0.1, -0.05) is 18.2 Å². The van der Waals surface area contributed by atoms with E-state index in [1.165, 1.54) is 6.07 Å². The van der Waals surface area contributed by atoms with Crippen LogP contribution < -0.4 is 4.74 Å². The molecular formula is C8H7F3O5S. The Labute approximate surface area is 94.2 Å². The summed E-state index contributed by atoms with van der Waals surface area (Å²) < 4.78 is 69.2. The summed E-state index contributed by atoms with van der Waals surface area (Å²) >= 11 is 0. The van der Waals surface area contributed by atoms with Gasteiger partial charge in [0.2, 0.25) is 5.44 Å². The predicted octanol–water partition coefficient (Wildman–Crippen LogP) is 1.46. The van der Waals surface area contributed by atoms with E-state index in [4.69, 9.17) is 9.66 Å². The summed E-state index contributed by atoms with van der Waals surface area (Å²) in [6, 6.07) is 4.05. The lowest BCUT2D eigenvalue weighted by molar-refractivity contribution is -0.275. The van der Waals surface area contributed by atoms with Crippen molar-refractivity contribution in [2.24, 2.45) is 0 Å². The second kappa shape index (κ2) is 4.51. The molecule has 0 saturated carbocycles. The van der Waals surface area contributed by atoms with E-state index < -0.39 is 33.2 Å². The molecule has 0 bridgehead atoms. The molecule has 1 rings (SSSR count). The molecule has 96 valence electrons. The number of alkyl halides is 3. The first-order valence-corrected chi connectivity index (χ1v) is 5.60. The zero-order valence-corrected chi connectivity index (χ0v) is 8.86. The SMILES string of the molecule is O=S(=O)(O)C(O)c1ccccc1OC(F)(F)F. The van der Waals surface area contributed by atoms with E-state index in [2.05, 4.69) is 4.74 Å². The van der Waals surface area contributed by atoms with E-state index in [1.54, 1.807) is 0 Å². The molecule has 1 aromatic rings. The summed E-state index contributed by atoms with van der Waals surface area (Å²) in [5.74, 6) is -0.898. The molecule has 5 nitrogen and oxygen atoms in total. The molecule has 17 heavy (non-hydrogen) atoms. The van der Waals surface area contributed by atoms with Crippen LogP contribution in [-0.4, -0.2) is 24.4 Å². The highest BCUT2D eigenvalue weighted by molar-refractivity contribution is 7.85. The van der Waals surface area contributed by atoms with Crippen molar-refractivity contribution in [2.45, 2.75) is 11.8 Å². The third kappa shape index (κ3) is 3.88. The molecule has 2 N–H and O–H groups in total. The molecule has 0 saturated heterocycles. The molecular weight excluding hydrogens is 265 g/mol. The minimum Gasteiger partial charge on any atom is -0.405 e. The van der Waals surface area contributed by atoms with Gasteiger partial charge < -0.3 is 9.84 Å². The van der Waals surface area contributed by atoms with Crippen molar-refractivity contribution in [1.29, 1.82) is 0 Å². The number of aliphatic hydroxyl groups is 1. The monoisotopic (exact) mass is 272 g/mol. The van der Waals surface area contributed by atoms with Gasteiger partial charge in [0.05, 0.1) is 0 Å². The second-order valence-corrected chi connectivity index (χ2v) is 4.43. The predicted molar refractivity (Wildman–Crippen MR) is 49.6 cm³/mol. The highest BCUT2D eigenvalue weighted by atomic mass is 32.2. The van der Waals surface area contributed by atoms with Crippen LogP contribution in [0.2, 0.25) is 0 Å². The van der Waals surface area contributed by atoms with Gasteiger partial charge in [-0.15, -0.1) is 13.2 Å². The summed E-state index contributed by atoms with van der Waals surface area (Å²) in [6.45, 7) is 0. The number of aliphatic hydroxyl groups excluding tert-OH is 1. The number of benzene rings is 1. The van der Waals surface area contributed by atoms with Gasteiger partial charge in [0.1, 0.15) is 5.75 Å². The maximum absolute atomic E-state index is 12.0. The van der Waals surface area contributed by atoms with E-state index in [0.717, 1.165) is 18.2 Å². The first-order valence-electron chi connectivity index (χ1n) is 4.10. The topological polar surface area (TPSA) is 83.8 Å². The van der Waals surface area contributed by atoms with Crippen LogP contribution in [0.15, 0.2) is 24.3 Å². The van der Waals surface area contributed by atoms with Crippen molar-refractivity contribution in [1.82, 2.24) is 0 Å². The largest absolute Gasteiger partial charge is 0.573 e. The van der Waals surface area contributed by atoms with Crippen molar-refractivity contribution >= 4 is 10.1 Å². The van der Waals surface area contributed by atoms with Crippen LogP contribution in [0, 0.1) is 0 Å². The lowest BCUT2D eigenvalue weighted by Gasteiger charge is -2.15. The molecule has 1 unspecified atom stereocenters. The summed E-state index contributed by atoms with van der Waals surface area (Å²) in [4.78, 5) is 0. The van der Waals surface area contributed by atoms with Gasteiger partial charge in [-0.05, 0) is 6.07 Å². The third-order valence-corrected chi connectivity index (χ3v) is 2.51. The second-order valence-electron chi connectivity index (χ2n) is 2.95. The fourth-order valence-electron chi connectivity index (χ4n) is 1.06. The number of ether oxygens (including phenoxy) is 1. The molecule has 0 aliphatic carbocycles. The highest BCUT2D eigenvalue weighted by Crippen LogP contribution is 2.31. The Bertz CT molecular complexity index is 496. The van der Waals surface area contributed by atoms with E-state index in [-0.39, 0.29) is 0 Å². The number of hydrogen-bond acceptors (Lipinski definition) is 4. The Kier molecular flexibility index (Phi) is 3.65. The molecule has 9 heteroatoms. The maximum Gasteiger partial charge on any atom is 0.573 e. The zero-order chi connectivity index (χ0) is 13.3. The van der Waals surface area contributed by atoms with Gasteiger partial charge >= 0.3 is 6.36 Å². The molecule has 0 fully saturated rings. The Morgan fingerprint density at radius 1 is 1.24 bits per heavy atom. The average molecular weight is 272 g/mol. The molecule has 0 aliphatic heterocycles. The standard InChI is InChI=1S/C8H7F3O5S/c9-8(10,11)16-6-4-2-1-3-5(6)7(12)17(13,14)15/h1-4,7,12H,(H,13,14,15). The Hall–Kier alpha value is -1.32. The van der Waals surface area contributed by atoms with Gasteiger partial charge in [-0.3, -0.25) is 4.55 Å². The van der Waals surface area contributed by atoms with E-state index in [9.17, 15) is 21.6 Å². The van der Waals surface area contributed by atoms with Gasteiger partial charge in [0.15, 0.2) is 0 Å². The molecule has 0 aromatic heterocycles. The van der Waals surface area contributed by atoms with Crippen molar-refractivity contribution in [3.8, 4) is 5.75 Å². The van der Waals surface area contributed by atoms with Crippen molar-refractivity contribution in [3.63, 3.8) is 0 Å². The minimum atomic E-state index is -5.03. The highest BCUT2D eigenvalue weighted by Gasteiger charge is 2.34. The maximum atomic E-state index is 12.0. The third-order valence-electron chi connectivity index (χ3n) is 1.69. The summed E-state index contributed by atoms with van der Waals surface area (Å²) in [5.41, 5.74) is -3.20. The van der Waals surface area contributed by atoms with Crippen molar-refractivity contribution in [3.05, 3.63) is 29.8 Å². The smallest absolute Gasteiger partial charge is 0.405 e. The molecule has 0 spiro atoms. The molecule has 0 aliphatic rings. The van der Waals surface area contributed by atoms with Crippen LogP contribution in [0.1, 0.15) is 11.0 Å².